The highest BCUT2D eigenvalue weighted by atomic mass is 16.5. The van der Waals surface area contributed by atoms with E-state index in [1.807, 2.05) is 0 Å². The van der Waals surface area contributed by atoms with Crippen LogP contribution >= 0.6 is 0 Å². The van der Waals surface area contributed by atoms with E-state index in [1.165, 1.54) is 38.5 Å². The topological polar surface area (TPSA) is 21.3 Å². The van der Waals surface area contributed by atoms with E-state index >= 15 is 0 Å². The lowest BCUT2D eigenvalue weighted by molar-refractivity contribution is 0.0302. The smallest absolute Gasteiger partial charge is 0.0576 e. The Kier molecular flexibility index (Phi) is 3.23. The largest absolute Gasteiger partial charge is 0.379 e. The summed E-state index contributed by atoms with van der Waals surface area (Å²) in [5.41, 5.74) is 0. The van der Waals surface area contributed by atoms with Crippen molar-refractivity contribution in [1.29, 1.82) is 0 Å². The molecule has 0 bridgehead atoms. The van der Waals surface area contributed by atoms with Gasteiger partial charge in [0.15, 0.2) is 0 Å². The van der Waals surface area contributed by atoms with E-state index < -0.39 is 0 Å². The van der Waals surface area contributed by atoms with E-state index in [0.717, 1.165) is 18.7 Å². The first kappa shape index (κ1) is 9.47. The number of hydrogen-bond acceptors (Lipinski definition) is 2. The quantitative estimate of drug-likeness (QED) is 0.720. The van der Waals surface area contributed by atoms with Crippen molar-refractivity contribution in [3.63, 3.8) is 0 Å². The molecule has 0 heterocycles. The average molecular weight is 183 g/mol. The molecule has 2 fully saturated rings. The molecule has 2 rings (SSSR count). The third-order valence-corrected chi connectivity index (χ3v) is 3.13. The number of ether oxygens (including phenoxy) is 1. The van der Waals surface area contributed by atoms with Gasteiger partial charge in [0.2, 0.25) is 0 Å². The van der Waals surface area contributed by atoms with Crippen molar-refractivity contribution in [3.05, 3.63) is 0 Å². The maximum absolute atomic E-state index is 5.62. The van der Waals surface area contributed by atoms with Gasteiger partial charge >= 0.3 is 0 Å². The normalized spacial score (nSPS) is 34.8. The van der Waals surface area contributed by atoms with Gasteiger partial charge < -0.3 is 10.1 Å². The second-order valence-corrected chi connectivity index (χ2v) is 4.37. The average Bonchev–Trinajstić information content (AvgIpc) is 2.93. The number of rotatable bonds is 4. The molecule has 0 amide bonds. The minimum absolute atomic E-state index is 0.558. The van der Waals surface area contributed by atoms with Crippen molar-refractivity contribution in [1.82, 2.24) is 5.32 Å². The fourth-order valence-corrected chi connectivity index (χ4v) is 2.22. The summed E-state index contributed by atoms with van der Waals surface area (Å²) in [6, 6.07) is 1.66. The lowest BCUT2D eigenvalue weighted by atomic mass is 9.93. The van der Waals surface area contributed by atoms with Crippen molar-refractivity contribution in [2.45, 2.75) is 63.6 Å². The van der Waals surface area contributed by atoms with Gasteiger partial charge in [0, 0.05) is 18.7 Å². The van der Waals surface area contributed by atoms with Crippen molar-refractivity contribution in [3.8, 4) is 0 Å². The monoisotopic (exact) mass is 183 g/mol. The Morgan fingerprint density at radius 1 is 1.00 bits per heavy atom. The lowest BCUT2D eigenvalue weighted by Gasteiger charge is -2.29. The summed E-state index contributed by atoms with van der Waals surface area (Å²) >= 11 is 0. The van der Waals surface area contributed by atoms with Gasteiger partial charge in [-0.15, -0.1) is 0 Å². The van der Waals surface area contributed by atoms with Crippen LogP contribution in [0, 0.1) is 0 Å². The molecule has 13 heavy (non-hydrogen) atoms. The minimum atomic E-state index is 0.558. The third kappa shape index (κ3) is 2.96. The molecule has 2 aliphatic rings. The first-order valence-corrected chi connectivity index (χ1v) is 5.76. The molecule has 1 N–H and O–H groups in total. The van der Waals surface area contributed by atoms with E-state index in [4.69, 9.17) is 4.74 Å². The standard InChI is InChI=1S/C11H21NO/c1-2-13-11-7-5-10(6-8-11)12-9-3-4-9/h9-12H,2-8H2,1H3. The summed E-state index contributed by atoms with van der Waals surface area (Å²) in [7, 11) is 0. The molecule has 2 aliphatic carbocycles. The highest BCUT2D eigenvalue weighted by Crippen LogP contribution is 2.26. The Morgan fingerprint density at radius 3 is 2.00 bits per heavy atom. The van der Waals surface area contributed by atoms with Gasteiger partial charge in [-0.2, -0.15) is 0 Å². The molecule has 2 heteroatoms. The Labute approximate surface area is 81.0 Å². The lowest BCUT2D eigenvalue weighted by Crippen LogP contribution is -2.36. The van der Waals surface area contributed by atoms with Crippen LogP contribution in [0.3, 0.4) is 0 Å². The summed E-state index contributed by atoms with van der Waals surface area (Å²) < 4.78 is 5.62. The highest BCUT2D eigenvalue weighted by molar-refractivity contribution is 4.87. The van der Waals surface area contributed by atoms with Crippen LogP contribution in [0.5, 0.6) is 0 Å². The molecule has 0 spiro atoms. The summed E-state index contributed by atoms with van der Waals surface area (Å²) in [6.45, 7) is 2.97. The molecule has 2 saturated carbocycles. The molecule has 0 saturated heterocycles. The second-order valence-electron chi connectivity index (χ2n) is 4.37. The first-order chi connectivity index (χ1) is 6.38. The molecule has 0 aromatic carbocycles. The minimum Gasteiger partial charge on any atom is -0.379 e. The zero-order valence-corrected chi connectivity index (χ0v) is 8.59. The third-order valence-electron chi connectivity index (χ3n) is 3.13. The molecule has 0 aromatic rings. The van der Waals surface area contributed by atoms with Gasteiger partial charge in [0.05, 0.1) is 6.10 Å². The van der Waals surface area contributed by atoms with Crippen LogP contribution in [0.1, 0.15) is 45.4 Å². The molecule has 0 aliphatic heterocycles. The molecule has 0 unspecified atom stereocenters. The molecule has 76 valence electrons. The predicted molar refractivity (Wildman–Crippen MR) is 53.8 cm³/mol. The first-order valence-electron chi connectivity index (χ1n) is 5.76. The fraction of sp³-hybridized carbons (Fsp3) is 1.00. The molecular formula is C11H21NO. The Hall–Kier alpha value is -0.0800. The van der Waals surface area contributed by atoms with Crippen molar-refractivity contribution >= 4 is 0 Å². The van der Waals surface area contributed by atoms with E-state index in [2.05, 4.69) is 12.2 Å². The summed E-state index contributed by atoms with van der Waals surface area (Å²) in [5.74, 6) is 0. The van der Waals surface area contributed by atoms with Gasteiger partial charge in [0.25, 0.3) is 0 Å². The highest BCUT2D eigenvalue weighted by Gasteiger charge is 2.27. The number of hydrogen-bond donors (Lipinski definition) is 1. The van der Waals surface area contributed by atoms with E-state index in [1.54, 1.807) is 0 Å². The second kappa shape index (κ2) is 4.43. The van der Waals surface area contributed by atoms with Crippen LogP contribution in [0.25, 0.3) is 0 Å². The van der Waals surface area contributed by atoms with Crippen LogP contribution in [-0.2, 0) is 4.74 Å². The maximum Gasteiger partial charge on any atom is 0.0576 e. The Bertz CT molecular complexity index is 148. The van der Waals surface area contributed by atoms with Crippen LogP contribution in [0.4, 0.5) is 0 Å². The summed E-state index contributed by atoms with van der Waals surface area (Å²) in [5, 5.41) is 3.70. The molecule has 0 atom stereocenters. The van der Waals surface area contributed by atoms with Crippen LogP contribution in [0.2, 0.25) is 0 Å². The predicted octanol–water partition coefficient (Wildman–Crippen LogP) is 2.09. The number of nitrogens with one attached hydrogen (secondary N) is 1. The molecule has 0 radical (unpaired) electrons. The Balaban J connectivity index is 1.63. The zero-order valence-electron chi connectivity index (χ0n) is 8.59. The van der Waals surface area contributed by atoms with Crippen LogP contribution < -0.4 is 5.32 Å². The van der Waals surface area contributed by atoms with Crippen LogP contribution in [-0.4, -0.2) is 24.8 Å². The summed E-state index contributed by atoms with van der Waals surface area (Å²) in [4.78, 5) is 0. The molecular weight excluding hydrogens is 162 g/mol. The van der Waals surface area contributed by atoms with Gasteiger partial charge in [-0.25, -0.2) is 0 Å². The molecule has 2 nitrogen and oxygen atoms in total. The van der Waals surface area contributed by atoms with E-state index in [-0.39, 0.29) is 0 Å². The van der Waals surface area contributed by atoms with Gasteiger partial charge in [-0.3, -0.25) is 0 Å². The summed E-state index contributed by atoms with van der Waals surface area (Å²) in [6.07, 6.45) is 8.54. The molecule has 0 aromatic heterocycles. The van der Waals surface area contributed by atoms with E-state index in [9.17, 15) is 0 Å². The van der Waals surface area contributed by atoms with Crippen molar-refractivity contribution < 1.29 is 4.74 Å². The van der Waals surface area contributed by atoms with E-state index in [0.29, 0.717) is 6.10 Å². The zero-order chi connectivity index (χ0) is 9.10. The SMILES string of the molecule is CCOC1CCC(NC2CC2)CC1. The van der Waals surface area contributed by atoms with Gasteiger partial charge in [0.1, 0.15) is 0 Å². The maximum atomic E-state index is 5.62. The van der Waals surface area contributed by atoms with Crippen molar-refractivity contribution in [2.75, 3.05) is 6.61 Å². The van der Waals surface area contributed by atoms with Crippen LogP contribution in [0.15, 0.2) is 0 Å². The Morgan fingerprint density at radius 2 is 1.54 bits per heavy atom. The van der Waals surface area contributed by atoms with Gasteiger partial charge in [-0.05, 0) is 45.4 Å². The fourth-order valence-electron chi connectivity index (χ4n) is 2.22. The van der Waals surface area contributed by atoms with Crippen molar-refractivity contribution in [2.24, 2.45) is 0 Å². The van der Waals surface area contributed by atoms with Gasteiger partial charge in [-0.1, -0.05) is 0 Å².